The topological polar surface area (TPSA) is 68.6 Å². The van der Waals surface area contributed by atoms with Crippen molar-refractivity contribution in [3.63, 3.8) is 0 Å². The first kappa shape index (κ1) is 16.5. The van der Waals surface area contributed by atoms with Crippen molar-refractivity contribution in [3.05, 3.63) is 29.6 Å². The third-order valence-electron chi connectivity index (χ3n) is 5.00. The Morgan fingerprint density at radius 1 is 1.40 bits per heavy atom. The van der Waals surface area contributed by atoms with Gasteiger partial charge in [0.2, 0.25) is 0 Å². The zero-order valence-electron chi connectivity index (χ0n) is 14.5. The summed E-state index contributed by atoms with van der Waals surface area (Å²) in [6.07, 6.45) is 1.31. The van der Waals surface area contributed by atoms with Crippen molar-refractivity contribution in [3.8, 4) is 0 Å². The highest BCUT2D eigenvalue weighted by molar-refractivity contribution is 5.93. The van der Waals surface area contributed by atoms with Gasteiger partial charge in [0, 0.05) is 32.8 Å². The molecule has 2 fully saturated rings. The molecule has 1 N–H and O–H groups in total. The highest BCUT2D eigenvalue weighted by Gasteiger charge is 2.23. The fourth-order valence-electron chi connectivity index (χ4n) is 3.44. The van der Waals surface area contributed by atoms with Crippen LogP contribution in [0, 0.1) is 0 Å². The van der Waals surface area contributed by atoms with Gasteiger partial charge in [0.05, 0.1) is 42.9 Å². The number of nitrogens with zero attached hydrogens (tertiary/aromatic N) is 3. The molecule has 25 heavy (non-hydrogen) atoms. The lowest BCUT2D eigenvalue weighted by Crippen LogP contribution is -2.43. The summed E-state index contributed by atoms with van der Waals surface area (Å²) in [5, 5.41) is 3.38. The third kappa shape index (κ3) is 3.40. The van der Waals surface area contributed by atoms with Crippen LogP contribution in [0.25, 0.3) is 11.0 Å². The molecule has 1 aromatic carbocycles. The highest BCUT2D eigenvalue weighted by Crippen LogP contribution is 2.23. The number of nitrogens with one attached hydrogen (secondary N) is 1. The van der Waals surface area contributed by atoms with E-state index in [0.29, 0.717) is 5.56 Å². The molecule has 1 aromatic heterocycles. The van der Waals surface area contributed by atoms with Gasteiger partial charge >= 0.3 is 5.97 Å². The standard InChI is InChI=1S/C18H24N4O3/c1-24-18(23)13-2-3-15-16(10-13)22(11-14-4-9-25-14)17(20-15)12-21-7-5-19-6-8-21/h2-3,10,14,19H,4-9,11-12H2,1H3/t14-/m0/s1. The maximum Gasteiger partial charge on any atom is 0.337 e. The number of hydrogen-bond acceptors (Lipinski definition) is 6. The number of fused-ring (bicyclic) bond motifs is 1. The van der Waals surface area contributed by atoms with E-state index in [1.807, 2.05) is 12.1 Å². The summed E-state index contributed by atoms with van der Waals surface area (Å²) in [5.41, 5.74) is 2.44. The summed E-state index contributed by atoms with van der Waals surface area (Å²) in [7, 11) is 1.40. The minimum Gasteiger partial charge on any atom is -0.465 e. The van der Waals surface area contributed by atoms with Gasteiger partial charge in [0.15, 0.2) is 0 Å². The monoisotopic (exact) mass is 344 g/mol. The van der Waals surface area contributed by atoms with E-state index in [1.54, 1.807) is 6.07 Å². The minimum atomic E-state index is -0.321. The van der Waals surface area contributed by atoms with Crippen LogP contribution in [0.2, 0.25) is 0 Å². The Labute approximate surface area is 146 Å². The minimum absolute atomic E-state index is 0.237. The van der Waals surface area contributed by atoms with Crippen LogP contribution in [0.3, 0.4) is 0 Å². The molecule has 2 saturated heterocycles. The van der Waals surface area contributed by atoms with Crippen LogP contribution in [0.5, 0.6) is 0 Å². The molecule has 7 nitrogen and oxygen atoms in total. The first-order valence-electron chi connectivity index (χ1n) is 8.87. The highest BCUT2D eigenvalue weighted by atomic mass is 16.5. The van der Waals surface area contributed by atoms with E-state index in [2.05, 4.69) is 14.8 Å². The van der Waals surface area contributed by atoms with E-state index in [0.717, 1.165) is 69.2 Å². The summed E-state index contributed by atoms with van der Waals surface area (Å²) >= 11 is 0. The summed E-state index contributed by atoms with van der Waals surface area (Å²) < 4.78 is 12.7. The van der Waals surface area contributed by atoms with E-state index in [1.165, 1.54) is 7.11 Å². The Morgan fingerprint density at radius 3 is 2.88 bits per heavy atom. The van der Waals surface area contributed by atoms with Gasteiger partial charge in [-0.2, -0.15) is 0 Å². The number of aromatic nitrogens is 2. The molecule has 0 amide bonds. The van der Waals surface area contributed by atoms with Crippen molar-refractivity contribution in [2.24, 2.45) is 0 Å². The van der Waals surface area contributed by atoms with Crippen molar-refractivity contribution in [2.45, 2.75) is 25.6 Å². The Bertz CT molecular complexity index is 763. The maximum absolute atomic E-state index is 11.9. The number of benzene rings is 1. The van der Waals surface area contributed by atoms with Crippen LogP contribution >= 0.6 is 0 Å². The lowest BCUT2D eigenvalue weighted by molar-refractivity contribution is -0.0592. The van der Waals surface area contributed by atoms with Gasteiger partial charge in [-0.1, -0.05) is 0 Å². The summed E-state index contributed by atoms with van der Waals surface area (Å²) in [5.74, 6) is 0.715. The van der Waals surface area contributed by atoms with Gasteiger partial charge in [-0.05, 0) is 24.6 Å². The number of carbonyl (C=O) groups is 1. The van der Waals surface area contributed by atoms with Crippen molar-refractivity contribution in [1.82, 2.24) is 19.8 Å². The van der Waals surface area contributed by atoms with Crippen LogP contribution in [0.1, 0.15) is 22.6 Å². The molecule has 0 saturated carbocycles. The molecular formula is C18H24N4O3. The Kier molecular flexibility index (Phi) is 4.70. The second-order valence-electron chi connectivity index (χ2n) is 6.64. The SMILES string of the molecule is COC(=O)c1ccc2nc(CN3CCNCC3)n(C[C@@H]3CCO3)c2c1. The van der Waals surface area contributed by atoms with Gasteiger partial charge in [-0.25, -0.2) is 9.78 Å². The number of methoxy groups -OCH3 is 1. The molecule has 0 spiro atoms. The summed E-state index contributed by atoms with van der Waals surface area (Å²) in [6.45, 7) is 6.50. The summed E-state index contributed by atoms with van der Waals surface area (Å²) in [6, 6.07) is 5.56. The molecule has 0 bridgehead atoms. The second-order valence-corrected chi connectivity index (χ2v) is 6.64. The quantitative estimate of drug-likeness (QED) is 0.817. The average Bonchev–Trinajstić information content (AvgIpc) is 2.94. The number of piperazine rings is 1. The molecule has 4 rings (SSSR count). The fourth-order valence-corrected chi connectivity index (χ4v) is 3.44. The number of esters is 1. The van der Waals surface area contributed by atoms with Crippen LogP contribution in [0.4, 0.5) is 0 Å². The number of rotatable bonds is 5. The number of carbonyl (C=O) groups excluding carboxylic acids is 1. The molecule has 134 valence electrons. The summed E-state index contributed by atoms with van der Waals surface area (Å²) in [4.78, 5) is 19.1. The number of ether oxygens (including phenoxy) is 2. The van der Waals surface area contributed by atoms with E-state index in [9.17, 15) is 4.79 Å². The predicted octanol–water partition coefficient (Wildman–Crippen LogP) is 1.02. The predicted molar refractivity (Wildman–Crippen MR) is 93.6 cm³/mol. The van der Waals surface area contributed by atoms with Gasteiger partial charge in [-0.3, -0.25) is 4.90 Å². The van der Waals surface area contributed by atoms with E-state index in [4.69, 9.17) is 14.5 Å². The third-order valence-corrected chi connectivity index (χ3v) is 5.00. The van der Waals surface area contributed by atoms with Crippen molar-refractivity contribution < 1.29 is 14.3 Å². The first-order chi connectivity index (χ1) is 12.2. The average molecular weight is 344 g/mol. The smallest absolute Gasteiger partial charge is 0.337 e. The molecule has 0 unspecified atom stereocenters. The van der Waals surface area contributed by atoms with Crippen LogP contribution in [-0.4, -0.2) is 66.4 Å². The molecule has 7 heteroatoms. The molecular weight excluding hydrogens is 320 g/mol. The Morgan fingerprint density at radius 2 is 2.20 bits per heavy atom. The fraction of sp³-hybridized carbons (Fsp3) is 0.556. The van der Waals surface area contributed by atoms with Crippen LogP contribution < -0.4 is 5.32 Å². The lowest BCUT2D eigenvalue weighted by atomic mass is 10.1. The van der Waals surface area contributed by atoms with Gasteiger partial charge in [0.25, 0.3) is 0 Å². The van der Waals surface area contributed by atoms with Crippen LogP contribution in [-0.2, 0) is 22.6 Å². The largest absolute Gasteiger partial charge is 0.465 e. The van der Waals surface area contributed by atoms with Crippen molar-refractivity contribution >= 4 is 17.0 Å². The zero-order valence-corrected chi connectivity index (χ0v) is 14.5. The van der Waals surface area contributed by atoms with E-state index >= 15 is 0 Å². The first-order valence-corrected chi connectivity index (χ1v) is 8.87. The lowest BCUT2D eigenvalue weighted by Gasteiger charge is -2.29. The van der Waals surface area contributed by atoms with Gasteiger partial charge in [-0.15, -0.1) is 0 Å². The van der Waals surface area contributed by atoms with E-state index in [-0.39, 0.29) is 12.1 Å². The van der Waals surface area contributed by atoms with Crippen LogP contribution in [0.15, 0.2) is 18.2 Å². The molecule has 0 aliphatic carbocycles. The molecule has 3 heterocycles. The molecule has 2 aliphatic heterocycles. The van der Waals surface area contributed by atoms with Gasteiger partial charge in [0.1, 0.15) is 5.82 Å². The number of imidazole rings is 1. The molecule has 2 aromatic rings. The maximum atomic E-state index is 11.9. The van der Waals surface area contributed by atoms with Gasteiger partial charge < -0.3 is 19.4 Å². The van der Waals surface area contributed by atoms with Crippen molar-refractivity contribution in [2.75, 3.05) is 39.9 Å². The molecule has 2 aliphatic rings. The number of hydrogen-bond donors (Lipinski definition) is 1. The van der Waals surface area contributed by atoms with E-state index < -0.39 is 0 Å². The van der Waals surface area contributed by atoms with Crippen molar-refractivity contribution in [1.29, 1.82) is 0 Å². The zero-order chi connectivity index (χ0) is 17.2. The Hall–Kier alpha value is -1.96. The Balaban J connectivity index is 1.69. The second kappa shape index (κ2) is 7.11. The normalized spacial score (nSPS) is 21.2. The molecule has 0 radical (unpaired) electrons. The molecule has 1 atom stereocenters.